The first-order valence-corrected chi connectivity index (χ1v) is 8.80. The van der Waals surface area contributed by atoms with Gasteiger partial charge >= 0.3 is 0 Å². The van der Waals surface area contributed by atoms with E-state index in [1.807, 2.05) is 12.1 Å². The number of hydrogen-bond acceptors (Lipinski definition) is 2. The van der Waals surface area contributed by atoms with Crippen LogP contribution in [0.15, 0.2) is 36.4 Å². The quantitative estimate of drug-likeness (QED) is 0.697. The van der Waals surface area contributed by atoms with E-state index in [9.17, 15) is 10.2 Å². The summed E-state index contributed by atoms with van der Waals surface area (Å²) in [5, 5.41) is 22.2. The Bertz CT molecular complexity index is 794. The largest absolute Gasteiger partial charge is 0.389 e. The molecule has 1 heterocycles. The van der Waals surface area contributed by atoms with E-state index < -0.39 is 12.2 Å². The van der Waals surface area contributed by atoms with Gasteiger partial charge in [-0.2, -0.15) is 0 Å². The van der Waals surface area contributed by atoms with Crippen LogP contribution in [0.25, 0.3) is 21.8 Å². The summed E-state index contributed by atoms with van der Waals surface area (Å²) < 4.78 is 2.36. The van der Waals surface area contributed by atoms with Crippen molar-refractivity contribution in [3.8, 4) is 0 Å². The summed E-state index contributed by atoms with van der Waals surface area (Å²) in [5.41, 5.74) is 4.23. The molecule has 0 unspecified atom stereocenters. The van der Waals surface area contributed by atoms with E-state index in [1.165, 1.54) is 11.0 Å². The Labute approximate surface area is 143 Å². The molecule has 0 saturated carbocycles. The van der Waals surface area contributed by atoms with Crippen molar-refractivity contribution in [1.82, 2.24) is 4.57 Å². The van der Waals surface area contributed by atoms with E-state index in [1.54, 1.807) is 13.8 Å². The third-order valence-corrected chi connectivity index (χ3v) is 4.81. The Balaban J connectivity index is 2.27. The van der Waals surface area contributed by atoms with Crippen molar-refractivity contribution in [3.63, 3.8) is 0 Å². The molecule has 1 aromatic heterocycles. The maximum atomic E-state index is 9.93. The second-order valence-corrected chi connectivity index (χ2v) is 7.24. The van der Waals surface area contributed by atoms with E-state index in [4.69, 9.17) is 0 Å². The van der Waals surface area contributed by atoms with Crippen molar-refractivity contribution in [2.45, 2.75) is 52.9 Å². The Kier molecular flexibility index (Phi) is 4.66. The van der Waals surface area contributed by atoms with Gasteiger partial charge in [0.25, 0.3) is 0 Å². The standard InChI is InChI=1S/C21H27NO2/c1-13(2)9-10-22-20-7-5-16(14(3)23)11-18(20)19-12-17(15(4)24)6-8-21(19)22/h5-8,11-15,23-24H,9-10H2,1-4H3/t14-,15-/m0/s1. The third kappa shape index (κ3) is 3.06. The Morgan fingerprint density at radius 2 is 1.25 bits per heavy atom. The minimum Gasteiger partial charge on any atom is -0.389 e. The van der Waals surface area contributed by atoms with Crippen molar-refractivity contribution in [1.29, 1.82) is 0 Å². The molecule has 0 aliphatic carbocycles. The van der Waals surface area contributed by atoms with E-state index in [0.29, 0.717) is 5.92 Å². The number of aliphatic hydroxyl groups is 2. The van der Waals surface area contributed by atoms with Crippen molar-refractivity contribution in [2.24, 2.45) is 5.92 Å². The molecule has 0 saturated heterocycles. The molecule has 0 radical (unpaired) electrons. The van der Waals surface area contributed by atoms with Gasteiger partial charge in [-0.1, -0.05) is 26.0 Å². The fraction of sp³-hybridized carbons (Fsp3) is 0.429. The second-order valence-electron chi connectivity index (χ2n) is 7.24. The first-order chi connectivity index (χ1) is 11.4. The van der Waals surface area contributed by atoms with Crippen LogP contribution >= 0.6 is 0 Å². The lowest BCUT2D eigenvalue weighted by Crippen LogP contribution is -2.01. The van der Waals surface area contributed by atoms with Gasteiger partial charge in [-0.05, 0) is 61.6 Å². The molecule has 3 nitrogen and oxygen atoms in total. The summed E-state index contributed by atoms with van der Waals surface area (Å²) in [6, 6.07) is 12.4. The number of rotatable bonds is 5. The summed E-state index contributed by atoms with van der Waals surface area (Å²) in [6.45, 7) is 9.04. The topological polar surface area (TPSA) is 45.4 Å². The number of aryl methyl sites for hydroxylation is 1. The molecule has 0 spiro atoms. The van der Waals surface area contributed by atoms with Crippen LogP contribution in [0.4, 0.5) is 0 Å². The second kappa shape index (κ2) is 6.58. The zero-order valence-electron chi connectivity index (χ0n) is 15.0. The van der Waals surface area contributed by atoms with Gasteiger partial charge in [0.05, 0.1) is 12.2 Å². The van der Waals surface area contributed by atoms with Gasteiger partial charge < -0.3 is 14.8 Å². The first-order valence-electron chi connectivity index (χ1n) is 8.80. The molecule has 128 valence electrons. The van der Waals surface area contributed by atoms with Gasteiger partial charge in [0, 0.05) is 28.4 Å². The molecule has 0 aliphatic rings. The fourth-order valence-corrected chi connectivity index (χ4v) is 3.29. The molecular weight excluding hydrogens is 298 g/mol. The molecule has 0 bridgehead atoms. The first kappa shape index (κ1) is 17.0. The molecule has 24 heavy (non-hydrogen) atoms. The van der Waals surface area contributed by atoms with Crippen molar-refractivity contribution < 1.29 is 10.2 Å². The molecule has 3 heteroatoms. The summed E-state index contributed by atoms with van der Waals surface area (Å²) in [7, 11) is 0. The molecule has 2 aromatic carbocycles. The Morgan fingerprint density at radius 3 is 1.62 bits per heavy atom. The number of hydrogen-bond donors (Lipinski definition) is 2. The Hall–Kier alpha value is -1.84. The lowest BCUT2D eigenvalue weighted by Gasteiger charge is -2.10. The van der Waals surface area contributed by atoms with Crippen LogP contribution in [-0.2, 0) is 6.54 Å². The van der Waals surface area contributed by atoms with E-state index in [-0.39, 0.29) is 0 Å². The van der Waals surface area contributed by atoms with E-state index in [2.05, 4.69) is 42.7 Å². The molecule has 3 rings (SSSR count). The van der Waals surface area contributed by atoms with Crippen LogP contribution in [0.1, 0.15) is 57.5 Å². The van der Waals surface area contributed by atoms with Crippen molar-refractivity contribution in [2.75, 3.05) is 0 Å². The number of benzene rings is 2. The predicted molar refractivity (Wildman–Crippen MR) is 100 cm³/mol. The zero-order chi connectivity index (χ0) is 17.4. The van der Waals surface area contributed by atoms with Gasteiger partial charge in [0.1, 0.15) is 0 Å². The lowest BCUT2D eigenvalue weighted by molar-refractivity contribution is 0.199. The average Bonchev–Trinajstić information content (AvgIpc) is 2.85. The highest BCUT2D eigenvalue weighted by Gasteiger charge is 2.14. The SMILES string of the molecule is CC(C)CCn1c2ccc([C@H](C)O)cc2c2cc([C@H](C)O)ccc21. The highest BCUT2D eigenvalue weighted by atomic mass is 16.3. The van der Waals surface area contributed by atoms with Crippen LogP contribution in [0.5, 0.6) is 0 Å². The molecule has 3 aromatic rings. The van der Waals surface area contributed by atoms with E-state index in [0.717, 1.165) is 34.9 Å². The molecule has 2 N–H and O–H groups in total. The number of aliphatic hydroxyl groups excluding tert-OH is 2. The van der Waals surface area contributed by atoms with Gasteiger partial charge in [-0.3, -0.25) is 0 Å². The predicted octanol–water partition coefficient (Wildman–Crippen LogP) is 4.95. The maximum Gasteiger partial charge on any atom is 0.0762 e. The average molecular weight is 325 g/mol. The third-order valence-electron chi connectivity index (χ3n) is 4.81. The maximum absolute atomic E-state index is 9.93. The minimum atomic E-state index is -0.483. The Morgan fingerprint density at radius 1 is 0.792 bits per heavy atom. The normalized spacial score (nSPS) is 14.6. The summed E-state index contributed by atoms with van der Waals surface area (Å²) >= 11 is 0. The smallest absolute Gasteiger partial charge is 0.0762 e. The summed E-state index contributed by atoms with van der Waals surface area (Å²) in [5.74, 6) is 0.644. The van der Waals surface area contributed by atoms with Crippen molar-refractivity contribution >= 4 is 21.8 Å². The molecule has 0 fully saturated rings. The van der Waals surface area contributed by atoms with Crippen LogP contribution < -0.4 is 0 Å². The van der Waals surface area contributed by atoms with Gasteiger partial charge in [0.15, 0.2) is 0 Å². The number of nitrogens with zero attached hydrogens (tertiary/aromatic N) is 1. The molecular formula is C21H27NO2. The van der Waals surface area contributed by atoms with Crippen LogP contribution in [0.2, 0.25) is 0 Å². The highest BCUT2D eigenvalue weighted by molar-refractivity contribution is 6.08. The van der Waals surface area contributed by atoms with E-state index >= 15 is 0 Å². The van der Waals surface area contributed by atoms with Gasteiger partial charge in [-0.15, -0.1) is 0 Å². The van der Waals surface area contributed by atoms with Crippen LogP contribution in [-0.4, -0.2) is 14.8 Å². The van der Waals surface area contributed by atoms with Crippen LogP contribution in [0.3, 0.4) is 0 Å². The molecule has 2 atom stereocenters. The van der Waals surface area contributed by atoms with Gasteiger partial charge in [0.2, 0.25) is 0 Å². The fourth-order valence-electron chi connectivity index (χ4n) is 3.29. The minimum absolute atomic E-state index is 0.483. The molecule has 0 aliphatic heterocycles. The number of fused-ring (bicyclic) bond motifs is 3. The molecule has 0 amide bonds. The highest BCUT2D eigenvalue weighted by Crippen LogP contribution is 2.33. The summed E-state index contributed by atoms with van der Waals surface area (Å²) in [6.07, 6.45) is 0.154. The van der Waals surface area contributed by atoms with Gasteiger partial charge in [-0.25, -0.2) is 0 Å². The monoisotopic (exact) mass is 325 g/mol. The van der Waals surface area contributed by atoms with Crippen LogP contribution in [0, 0.1) is 5.92 Å². The zero-order valence-corrected chi connectivity index (χ0v) is 15.0. The summed E-state index contributed by atoms with van der Waals surface area (Å²) in [4.78, 5) is 0. The number of aromatic nitrogens is 1. The van der Waals surface area contributed by atoms with Crippen molar-refractivity contribution in [3.05, 3.63) is 47.5 Å². The lowest BCUT2D eigenvalue weighted by atomic mass is 10.0.